The van der Waals surface area contributed by atoms with E-state index in [2.05, 4.69) is 46.5 Å². The van der Waals surface area contributed by atoms with Crippen LogP contribution in [0.4, 0.5) is 0 Å². The van der Waals surface area contributed by atoms with Crippen LogP contribution in [0.3, 0.4) is 0 Å². The maximum absolute atomic E-state index is 4.86. The van der Waals surface area contributed by atoms with Crippen LogP contribution in [-0.4, -0.2) is 45.3 Å². The van der Waals surface area contributed by atoms with Crippen molar-refractivity contribution < 1.29 is 0 Å². The molecule has 1 aliphatic rings. The second-order valence-corrected chi connectivity index (χ2v) is 7.08. The van der Waals surface area contributed by atoms with Gasteiger partial charge >= 0.3 is 0 Å². The summed E-state index contributed by atoms with van der Waals surface area (Å²) in [6.45, 7) is 6.46. The van der Waals surface area contributed by atoms with Crippen LogP contribution in [0.25, 0.3) is 16.9 Å². The molecule has 0 spiro atoms. The van der Waals surface area contributed by atoms with Crippen LogP contribution in [0.5, 0.6) is 0 Å². The van der Waals surface area contributed by atoms with Crippen molar-refractivity contribution in [2.45, 2.75) is 32.4 Å². The number of benzene rings is 1. The molecule has 0 amide bonds. The van der Waals surface area contributed by atoms with Gasteiger partial charge in [-0.15, -0.1) is 0 Å². The number of nitrogens with zero attached hydrogens (tertiary/aromatic N) is 4. The molecule has 1 N–H and O–H groups in total. The van der Waals surface area contributed by atoms with Gasteiger partial charge in [-0.2, -0.15) is 5.10 Å². The molecule has 1 saturated heterocycles. The highest BCUT2D eigenvalue weighted by Crippen LogP contribution is 2.23. The molecule has 4 rings (SSSR count). The van der Waals surface area contributed by atoms with Crippen LogP contribution >= 0.6 is 0 Å². The Morgan fingerprint density at radius 1 is 1.15 bits per heavy atom. The minimum atomic E-state index is 0.654. The maximum atomic E-state index is 4.86. The molecule has 27 heavy (non-hydrogen) atoms. The molecule has 1 aliphatic heterocycles. The predicted molar refractivity (Wildman–Crippen MR) is 109 cm³/mol. The lowest BCUT2D eigenvalue weighted by atomic mass is 10.1. The first kappa shape index (κ1) is 17.9. The Kier molecular flexibility index (Phi) is 5.61. The summed E-state index contributed by atoms with van der Waals surface area (Å²) < 4.78 is 1.97. The predicted octanol–water partition coefficient (Wildman–Crippen LogP) is 3.51. The third-order valence-corrected chi connectivity index (χ3v) is 5.35. The van der Waals surface area contributed by atoms with Crippen LogP contribution in [0, 0.1) is 0 Å². The first-order valence-corrected chi connectivity index (χ1v) is 9.84. The Hall–Kier alpha value is -2.50. The number of hydrogen-bond donors (Lipinski definition) is 1. The van der Waals surface area contributed by atoms with Crippen molar-refractivity contribution in [1.82, 2.24) is 25.0 Å². The van der Waals surface area contributed by atoms with Crippen LogP contribution in [0.15, 0.2) is 61.1 Å². The molecule has 0 saturated carbocycles. The van der Waals surface area contributed by atoms with E-state index in [0.29, 0.717) is 6.04 Å². The molecule has 1 fully saturated rings. The smallest absolute Gasteiger partial charge is 0.0988 e. The molecule has 3 aromatic rings. The average Bonchev–Trinajstić information content (AvgIpc) is 3.36. The number of likely N-dealkylation sites (tertiary alicyclic amines) is 1. The number of pyridine rings is 1. The highest BCUT2D eigenvalue weighted by molar-refractivity contribution is 5.62. The van der Waals surface area contributed by atoms with E-state index < -0.39 is 0 Å². The normalized spacial score (nSPS) is 17.4. The molecule has 0 unspecified atom stereocenters. The summed E-state index contributed by atoms with van der Waals surface area (Å²) >= 11 is 0. The first-order valence-electron chi connectivity index (χ1n) is 9.84. The van der Waals surface area contributed by atoms with E-state index >= 15 is 0 Å². The first-order chi connectivity index (χ1) is 13.3. The SMILES string of the molecule is CCN1CCC[C@H]1CNCc1cn(-c2ccccc2)nc1-c1cccnc1. The van der Waals surface area contributed by atoms with Crippen molar-refractivity contribution in [1.29, 1.82) is 0 Å². The van der Waals surface area contributed by atoms with Crippen molar-refractivity contribution >= 4 is 0 Å². The number of rotatable bonds is 7. The second-order valence-electron chi connectivity index (χ2n) is 7.08. The lowest BCUT2D eigenvalue weighted by Gasteiger charge is -2.22. The minimum absolute atomic E-state index is 0.654. The molecule has 1 atom stereocenters. The number of likely N-dealkylation sites (N-methyl/N-ethyl adjacent to an activating group) is 1. The molecule has 140 valence electrons. The Bertz CT molecular complexity index is 844. The number of hydrogen-bond acceptors (Lipinski definition) is 4. The molecular formula is C22H27N5. The lowest BCUT2D eigenvalue weighted by molar-refractivity contribution is 0.260. The molecule has 0 radical (unpaired) electrons. The number of para-hydroxylation sites is 1. The van der Waals surface area contributed by atoms with Crippen LogP contribution in [0.1, 0.15) is 25.3 Å². The fraction of sp³-hybridized carbons (Fsp3) is 0.364. The van der Waals surface area contributed by atoms with Gasteiger partial charge in [-0.05, 0) is 50.2 Å². The van der Waals surface area contributed by atoms with E-state index in [1.807, 2.05) is 35.1 Å². The molecule has 5 nitrogen and oxygen atoms in total. The van der Waals surface area contributed by atoms with Gasteiger partial charge in [-0.1, -0.05) is 25.1 Å². The molecule has 0 aliphatic carbocycles. The van der Waals surface area contributed by atoms with Crippen molar-refractivity contribution in [3.05, 3.63) is 66.6 Å². The zero-order chi connectivity index (χ0) is 18.5. The fourth-order valence-corrected chi connectivity index (χ4v) is 3.91. The monoisotopic (exact) mass is 361 g/mol. The highest BCUT2D eigenvalue weighted by atomic mass is 15.3. The quantitative estimate of drug-likeness (QED) is 0.699. The largest absolute Gasteiger partial charge is 0.311 e. The van der Waals surface area contributed by atoms with Crippen molar-refractivity contribution in [3.8, 4) is 16.9 Å². The summed E-state index contributed by atoms with van der Waals surface area (Å²) in [4.78, 5) is 6.84. The summed E-state index contributed by atoms with van der Waals surface area (Å²) in [6, 6.07) is 15.0. The number of nitrogens with one attached hydrogen (secondary N) is 1. The Labute approximate surface area is 161 Å². The van der Waals surface area contributed by atoms with Crippen LogP contribution < -0.4 is 5.32 Å². The molecule has 3 heterocycles. The summed E-state index contributed by atoms with van der Waals surface area (Å²) in [5, 5.41) is 8.53. The molecular weight excluding hydrogens is 334 g/mol. The van der Waals surface area contributed by atoms with Crippen molar-refractivity contribution in [3.63, 3.8) is 0 Å². The summed E-state index contributed by atoms with van der Waals surface area (Å²) in [5.41, 5.74) is 4.33. The molecule has 1 aromatic carbocycles. The number of aromatic nitrogens is 3. The topological polar surface area (TPSA) is 46.0 Å². The van der Waals surface area contributed by atoms with E-state index in [0.717, 1.165) is 36.6 Å². The van der Waals surface area contributed by atoms with E-state index in [4.69, 9.17) is 5.10 Å². The van der Waals surface area contributed by atoms with Gasteiger partial charge in [0.15, 0.2) is 0 Å². The van der Waals surface area contributed by atoms with Crippen LogP contribution in [0.2, 0.25) is 0 Å². The summed E-state index contributed by atoms with van der Waals surface area (Å²) in [6.07, 6.45) is 8.43. The Balaban J connectivity index is 1.54. The maximum Gasteiger partial charge on any atom is 0.0988 e. The van der Waals surface area contributed by atoms with E-state index in [1.165, 1.54) is 24.9 Å². The van der Waals surface area contributed by atoms with Crippen LogP contribution in [-0.2, 0) is 6.54 Å². The van der Waals surface area contributed by atoms with Gasteiger partial charge in [0.1, 0.15) is 0 Å². The van der Waals surface area contributed by atoms with Crippen molar-refractivity contribution in [2.24, 2.45) is 0 Å². The van der Waals surface area contributed by atoms with Gasteiger partial charge < -0.3 is 5.32 Å². The molecule has 2 aromatic heterocycles. The molecule has 5 heteroatoms. The van der Waals surface area contributed by atoms with Gasteiger partial charge in [-0.3, -0.25) is 9.88 Å². The Morgan fingerprint density at radius 2 is 2.04 bits per heavy atom. The Morgan fingerprint density at radius 3 is 2.81 bits per heavy atom. The van der Waals surface area contributed by atoms with Gasteiger partial charge in [-0.25, -0.2) is 4.68 Å². The third kappa shape index (κ3) is 4.10. The van der Waals surface area contributed by atoms with E-state index in [-0.39, 0.29) is 0 Å². The standard InChI is InChI=1S/C22H27N5/c1-2-26-13-7-11-21(26)16-24-15-19-17-27(20-9-4-3-5-10-20)25-22(19)18-8-6-12-23-14-18/h3-6,8-10,12,14,17,21,24H,2,7,11,13,15-16H2,1H3/t21-/m0/s1. The van der Waals surface area contributed by atoms with Crippen molar-refractivity contribution in [2.75, 3.05) is 19.6 Å². The van der Waals surface area contributed by atoms with Gasteiger partial charge in [0.05, 0.1) is 11.4 Å². The molecule has 0 bridgehead atoms. The third-order valence-electron chi connectivity index (χ3n) is 5.35. The second kappa shape index (κ2) is 8.46. The lowest BCUT2D eigenvalue weighted by Crippen LogP contribution is -2.37. The zero-order valence-corrected chi connectivity index (χ0v) is 15.9. The average molecular weight is 361 g/mol. The fourth-order valence-electron chi connectivity index (χ4n) is 3.91. The summed E-state index contributed by atoms with van der Waals surface area (Å²) in [5.74, 6) is 0. The summed E-state index contributed by atoms with van der Waals surface area (Å²) in [7, 11) is 0. The minimum Gasteiger partial charge on any atom is -0.311 e. The highest BCUT2D eigenvalue weighted by Gasteiger charge is 2.22. The van der Waals surface area contributed by atoms with Gasteiger partial charge in [0, 0.05) is 48.8 Å². The van der Waals surface area contributed by atoms with Gasteiger partial charge in [0.25, 0.3) is 0 Å². The van der Waals surface area contributed by atoms with Gasteiger partial charge in [0.2, 0.25) is 0 Å². The zero-order valence-electron chi connectivity index (χ0n) is 15.9. The van der Waals surface area contributed by atoms with E-state index in [1.54, 1.807) is 6.20 Å². The van der Waals surface area contributed by atoms with E-state index in [9.17, 15) is 0 Å².